The third-order valence-corrected chi connectivity index (χ3v) is 4.01. The Bertz CT molecular complexity index is 528. The molecule has 4 nitrogen and oxygen atoms in total. The van der Waals surface area contributed by atoms with Crippen LogP contribution in [-0.2, 0) is 9.47 Å². The van der Waals surface area contributed by atoms with Crippen molar-refractivity contribution in [1.82, 2.24) is 0 Å². The molecule has 1 N–H and O–H groups in total. The Kier molecular flexibility index (Phi) is 4.45. The lowest BCUT2D eigenvalue weighted by molar-refractivity contribution is -0.0915. The molecule has 3 rings (SSSR count). The van der Waals surface area contributed by atoms with Crippen LogP contribution in [0.4, 0.5) is 0 Å². The van der Waals surface area contributed by atoms with Gasteiger partial charge in [0.15, 0.2) is 0 Å². The van der Waals surface area contributed by atoms with Crippen LogP contribution in [-0.4, -0.2) is 37.6 Å². The van der Waals surface area contributed by atoms with Gasteiger partial charge in [0.25, 0.3) is 0 Å². The number of rotatable bonds is 3. The van der Waals surface area contributed by atoms with E-state index in [2.05, 4.69) is 11.8 Å². The Labute approximate surface area is 125 Å². The molecule has 0 aliphatic carbocycles. The van der Waals surface area contributed by atoms with E-state index in [0.29, 0.717) is 6.61 Å². The van der Waals surface area contributed by atoms with Crippen molar-refractivity contribution in [2.45, 2.75) is 31.2 Å². The molecular weight excluding hydrogens is 268 g/mol. The summed E-state index contributed by atoms with van der Waals surface area (Å²) in [5.74, 6) is 7.51. The molecule has 1 aromatic carbocycles. The molecule has 0 aromatic heterocycles. The zero-order chi connectivity index (χ0) is 14.7. The number of methoxy groups -OCH3 is 1. The quantitative estimate of drug-likeness (QED) is 0.863. The maximum absolute atomic E-state index is 9.05. The first-order valence-corrected chi connectivity index (χ1v) is 7.33. The van der Waals surface area contributed by atoms with Gasteiger partial charge in [-0.25, -0.2) is 0 Å². The van der Waals surface area contributed by atoms with Gasteiger partial charge >= 0.3 is 0 Å². The van der Waals surface area contributed by atoms with E-state index in [0.717, 1.165) is 24.2 Å². The lowest BCUT2D eigenvalue weighted by Gasteiger charge is -2.33. The van der Waals surface area contributed by atoms with E-state index in [1.807, 2.05) is 24.3 Å². The van der Waals surface area contributed by atoms with E-state index in [4.69, 9.17) is 19.3 Å². The molecule has 0 bridgehead atoms. The average molecular weight is 288 g/mol. The Hall–Kier alpha value is -1.54. The van der Waals surface area contributed by atoms with Crippen LogP contribution < -0.4 is 4.74 Å². The van der Waals surface area contributed by atoms with Crippen molar-refractivity contribution in [3.05, 3.63) is 29.8 Å². The van der Waals surface area contributed by atoms with Gasteiger partial charge in [0, 0.05) is 0 Å². The van der Waals surface area contributed by atoms with Gasteiger partial charge in [0.05, 0.1) is 38.4 Å². The zero-order valence-corrected chi connectivity index (χ0v) is 12.1. The highest BCUT2D eigenvalue weighted by atomic mass is 16.5. The lowest BCUT2D eigenvalue weighted by atomic mass is 9.92. The number of aliphatic hydroxyl groups excluding tert-OH is 1. The standard InChI is InChI=1S/C17H20O4/c1-19-14-5-2-12(3-6-14)17-13(11-20-17)4-7-15-8-9-16(10-18)21-15/h2-3,5-6,13,15-18H,8-11H2,1H3. The van der Waals surface area contributed by atoms with Crippen LogP contribution in [0.3, 0.4) is 0 Å². The largest absolute Gasteiger partial charge is 0.497 e. The molecule has 4 atom stereocenters. The number of aliphatic hydroxyl groups is 1. The molecule has 2 heterocycles. The van der Waals surface area contributed by atoms with Crippen molar-refractivity contribution in [3.63, 3.8) is 0 Å². The van der Waals surface area contributed by atoms with Crippen molar-refractivity contribution in [2.75, 3.05) is 20.3 Å². The van der Waals surface area contributed by atoms with E-state index in [1.54, 1.807) is 7.11 Å². The minimum absolute atomic E-state index is 0.0402. The fraction of sp³-hybridized carbons (Fsp3) is 0.529. The normalized spacial score (nSPS) is 31.1. The number of ether oxygens (including phenoxy) is 3. The highest BCUT2D eigenvalue weighted by Crippen LogP contribution is 2.35. The van der Waals surface area contributed by atoms with Gasteiger partial charge in [-0.2, -0.15) is 0 Å². The molecular formula is C17H20O4. The Morgan fingerprint density at radius 1 is 1.24 bits per heavy atom. The molecule has 0 spiro atoms. The Balaban J connectivity index is 1.60. The summed E-state index contributed by atoms with van der Waals surface area (Å²) in [6.07, 6.45) is 1.75. The Morgan fingerprint density at radius 2 is 2.05 bits per heavy atom. The third-order valence-electron chi connectivity index (χ3n) is 4.01. The van der Waals surface area contributed by atoms with Crippen LogP contribution in [0.5, 0.6) is 5.75 Å². The fourth-order valence-corrected chi connectivity index (χ4v) is 2.67. The minimum Gasteiger partial charge on any atom is -0.497 e. The first-order valence-electron chi connectivity index (χ1n) is 7.33. The number of benzene rings is 1. The van der Waals surface area contributed by atoms with Gasteiger partial charge < -0.3 is 19.3 Å². The molecule has 112 valence electrons. The average Bonchev–Trinajstić information content (AvgIpc) is 2.95. The van der Waals surface area contributed by atoms with Gasteiger partial charge in [0.1, 0.15) is 11.9 Å². The highest BCUT2D eigenvalue weighted by Gasteiger charge is 2.32. The minimum atomic E-state index is -0.0423. The van der Waals surface area contributed by atoms with Crippen molar-refractivity contribution in [3.8, 4) is 17.6 Å². The monoisotopic (exact) mass is 288 g/mol. The van der Waals surface area contributed by atoms with Gasteiger partial charge in [-0.15, -0.1) is 0 Å². The highest BCUT2D eigenvalue weighted by molar-refractivity contribution is 5.31. The molecule has 0 saturated carbocycles. The first-order chi connectivity index (χ1) is 10.3. The second-order valence-electron chi connectivity index (χ2n) is 5.43. The van der Waals surface area contributed by atoms with Crippen LogP contribution in [0.15, 0.2) is 24.3 Å². The molecule has 0 radical (unpaired) electrons. The molecule has 0 amide bonds. The van der Waals surface area contributed by atoms with Crippen LogP contribution in [0.25, 0.3) is 0 Å². The Morgan fingerprint density at radius 3 is 2.62 bits per heavy atom. The molecule has 2 fully saturated rings. The zero-order valence-electron chi connectivity index (χ0n) is 12.1. The molecule has 2 saturated heterocycles. The molecule has 2 aliphatic rings. The molecule has 1 aromatic rings. The fourth-order valence-electron chi connectivity index (χ4n) is 2.67. The maximum atomic E-state index is 9.05. The van der Waals surface area contributed by atoms with Crippen molar-refractivity contribution >= 4 is 0 Å². The summed E-state index contributed by atoms with van der Waals surface area (Å²) in [4.78, 5) is 0. The smallest absolute Gasteiger partial charge is 0.118 e. The van der Waals surface area contributed by atoms with E-state index < -0.39 is 0 Å². The van der Waals surface area contributed by atoms with Crippen molar-refractivity contribution in [2.24, 2.45) is 5.92 Å². The van der Waals surface area contributed by atoms with Crippen LogP contribution in [0, 0.1) is 17.8 Å². The summed E-state index contributed by atoms with van der Waals surface area (Å²) in [5, 5.41) is 9.05. The summed E-state index contributed by atoms with van der Waals surface area (Å²) < 4.78 is 16.4. The molecule has 4 unspecified atom stereocenters. The molecule has 4 heteroatoms. The predicted molar refractivity (Wildman–Crippen MR) is 77.9 cm³/mol. The van der Waals surface area contributed by atoms with E-state index in [1.165, 1.54) is 0 Å². The third kappa shape index (κ3) is 3.21. The summed E-state index contributed by atoms with van der Waals surface area (Å²) in [5.41, 5.74) is 1.13. The van der Waals surface area contributed by atoms with Gasteiger partial charge in [0.2, 0.25) is 0 Å². The van der Waals surface area contributed by atoms with Gasteiger partial charge in [-0.1, -0.05) is 24.0 Å². The number of hydrogen-bond acceptors (Lipinski definition) is 4. The summed E-state index contributed by atoms with van der Waals surface area (Å²) in [7, 11) is 1.66. The van der Waals surface area contributed by atoms with Gasteiger partial charge in [-0.3, -0.25) is 0 Å². The van der Waals surface area contributed by atoms with E-state index in [-0.39, 0.29) is 30.8 Å². The molecule has 21 heavy (non-hydrogen) atoms. The summed E-state index contributed by atoms with van der Waals surface area (Å²) in [6.45, 7) is 0.749. The second kappa shape index (κ2) is 6.48. The van der Waals surface area contributed by atoms with Gasteiger partial charge in [-0.05, 0) is 30.5 Å². The second-order valence-corrected chi connectivity index (χ2v) is 5.43. The summed E-state index contributed by atoms with van der Waals surface area (Å²) >= 11 is 0. The van der Waals surface area contributed by atoms with Crippen molar-refractivity contribution < 1.29 is 19.3 Å². The lowest BCUT2D eigenvalue weighted by Crippen LogP contribution is -2.31. The first kappa shape index (κ1) is 14.4. The summed E-state index contributed by atoms with van der Waals surface area (Å²) in [6, 6.07) is 7.91. The van der Waals surface area contributed by atoms with E-state index in [9.17, 15) is 0 Å². The number of hydrogen-bond donors (Lipinski definition) is 1. The van der Waals surface area contributed by atoms with Crippen molar-refractivity contribution in [1.29, 1.82) is 0 Å². The van der Waals surface area contributed by atoms with E-state index >= 15 is 0 Å². The topological polar surface area (TPSA) is 47.9 Å². The van der Waals surface area contributed by atoms with Crippen LogP contribution in [0.2, 0.25) is 0 Å². The SMILES string of the molecule is COc1ccc(C2OCC2C#CC2CCC(CO)O2)cc1. The predicted octanol–water partition coefficient (Wildman–Crippen LogP) is 1.93. The molecule has 2 aliphatic heterocycles. The van der Waals surface area contributed by atoms with Crippen LogP contribution >= 0.6 is 0 Å². The maximum Gasteiger partial charge on any atom is 0.118 e. The van der Waals surface area contributed by atoms with Crippen LogP contribution in [0.1, 0.15) is 24.5 Å².